The van der Waals surface area contributed by atoms with Crippen molar-refractivity contribution in [2.45, 2.75) is 69.7 Å². The third kappa shape index (κ3) is 3.16. The van der Waals surface area contributed by atoms with Gasteiger partial charge in [-0.3, -0.25) is 9.48 Å². The highest BCUT2D eigenvalue weighted by molar-refractivity contribution is 7.92. The highest BCUT2D eigenvalue weighted by atomic mass is 32.2. The number of nitrogens with zero attached hydrogens (tertiary/aromatic N) is 2. The van der Waals surface area contributed by atoms with Gasteiger partial charge in [0, 0.05) is 17.7 Å². The van der Waals surface area contributed by atoms with Crippen LogP contribution in [0, 0.1) is 0 Å². The molecule has 1 N–H and O–H groups in total. The summed E-state index contributed by atoms with van der Waals surface area (Å²) in [7, 11) is -3.07. The van der Waals surface area contributed by atoms with Crippen molar-refractivity contribution >= 4 is 15.7 Å². The molecule has 0 unspecified atom stereocenters. The van der Waals surface area contributed by atoms with E-state index >= 15 is 0 Å². The van der Waals surface area contributed by atoms with Crippen LogP contribution in [0.15, 0.2) is 6.07 Å². The zero-order chi connectivity index (χ0) is 17.0. The van der Waals surface area contributed by atoms with Crippen LogP contribution >= 0.6 is 0 Å². The fourth-order valence-electron chi connectivity index (χ4n) is 3.11. The molecule has 0 bridgehead atoms. The van der Waals surface area contributed by atoms with Gasteiger partial charge in [-0.2, -0.15) is 5.10 Å². The number of aromatic nitrogens is 2. The molecular weight excluding hydrogens is 314 g/mol. The van der Waals surface area contributed by atoms with Gasteiger partial charge >= 0.3 is 0 Å². The number of sulfone groups is 1. The molecule has 1 aliphatic carbocycles. The van der Waals surface area contributed by atoms with Gasteiger partial charge in [-0.15, -0.1) is 0 Å². The van der Waals surface area contributed by atoms with Crippen LogP contribution in [0.3, 0.4) is 0 Å². The average Bonchev–Trinajstić information content (AvgIpc) is 3.13. The van der Waals surface area contributed by atoms with E-state index in [-0.39, 0.29) is 23.2 Å². The van der Waals surface area contributed by atoms with Crippen molar-refractivity contribution < 1.29 is 13.2 Å². The van der Waals surface area contributed by atoms with Gasteiger partial charge in [0.1, 0.15) is 5.69 Å². The minimum Gasteiger partial charge on any atom is -0.347 e. The molecule has 1 aromatic rings. The normalized spacial score (nSPS) is 27.1. The van der Waals surface area contributed by atoms with Crippen LogP contribution in [0.4, 0.5) is 0 Å². The molecule has 2 fully saturated rings. The van der Waals surface area contributed by atoms with Crippen LogP contribution in [0.5, 0.6) is 0 Å². The summed E-state index contributed by atoms with van der Waals surface area (Å²) in [4.78, 5) is 12.5. The summed E-state index contributed by atoms with van der Waals surface area (Å²) in [6.45, 7) is 7.87. The molecule has 1 aliphatic heterocycles. The van der Waals surface area contributed by atoms with Crippen LogP contribution < -0.4 is 5.32 Å². The second-order valence-electron chi connectivity index (χ2n) is 7.75. The van der Waals surface area contributed by atoms with Crippen LogP contribution in [-0.4, -0.2) is 41.2 Å². The van der Waals surface area contributed by atoms with Crippen molar-refractivity contribution in [2.24, 2.45) is 0 Å². The Balaban J connectivity index is 1.81. The van der Waals surface area contributed by atoms with Gasteiger partial charge in [0.2, 0.25) is 0 Å². The Labute approximate surface area is 137 Å². The van der Waals surface area contributed by atoms with E-state index < -0.39 is 15.1 Å². The zero-order valence-corrected chi connectivity index (χ0v) is 15.0. The minimum atomic E-state index is -3.07. The Morgan fingerprint density at radius 3 is 2.43 bits per heavy atom. The third-order valence-corrected chi connectivity index (χ3v) is 7.03. The van der Waals surface area contributed by atoms with Crippen molar-refractivity contribution in [2.75, 3.05) is 5.75 Å². The summed E-state index contributed by atoms with van der Waals surface area (Å²) < 4.78 is 25.6. The van der Waals surface area contributed by atoms with E-state index in [9.17, 15) is 13.2 Å². The largest absolute Gasteiger partial charge is 0.347 e. The smallest absolute Gasteiger partial charge is 0.272 e. The summed E-state index contributed by atoms with van der Waals surface area (Å²) in [5, 5.41) is 6.83. The number of hydrogen-bond donors (Lipinski definition) is 1. The second kappa shape index (κ2) is 5.33. The SMILES string of the molecule is C[C@H]1[C@@H](NC(=O)c2cc(C3CC3)n(C(C)(C)C)n2)CCS1(=O)=O. The molecule has 23 heavy (non-hydrogen) atoms. The molecule has 128 valence electrons. The number of amides is 1. The fraction of sp³-hybridized carbons (Fsp3) is 0.750. The number of carbonyl (C=O) groups excluding carboxylic acids is 1. The highest BCUT2D eigenvalue weighted by Crippen LogP contribution is 2.41. The molecule has 0 radical (unpaired) electrons. The second-order valence-corrected chi connectivity index (χ2v) is 10.2. The minimum absolute atomic E-state index is 0.142. The Hall–Kier alpha value is -1.37. The standard InChI is InChI=1S/C16H25N3O3S/c1-10-12(7-8-23(10,21)22)17-15(20)13-9-14(11-5-6-11)19(18-13)16(2,3)4/h9-12H,5-8H2,1-4H3,(H,17,20)/t10-,12-/m0/s1. The molecule has 2 atom stereocenters. The summed E-state index contributed by atoms with van der Waals surface area (Å²) in [5.74, 6) is 0.362. The van der Waals surface area contributed by atoms with Crippen molar-refractivity contribution in [1.82, 2.24) is 15.1 Å². The Bertz CT molecular complexity index is 726. The quantitative estimate of drug-likeness (QED) is 0.911. The molecule has 0 spiro atoms. The number of carbonyl (C=O) groups is 1. The molecule has 1 saturated heterocycles. The van der Waals surface area contributed by atoms with Crippen molar-refractivity contribution in [3.8, 4) is 0 Å². The molecule has 1 amide bonds. The molecule has 2 heterocycles. The van der Waals surface area contributed by atoms with E-state index in [1.165, 1.54) is 0 Å². The Morgan fingerprint density at radius 2 is 1.96 bits per heavy atom. The van der Waals surface area contributed by atoms with E-state index in [1.54, 1.807) is 6.92 Å². The highest BCUT2D eigenvalue weighted by Gasteiger charge is 2.38. The first-order valence-corrected chi connectivity index (χ1v) is 9.94. The predicted molar refractivity (Wildman–Crippen MR) is 88.3 cm³/mol. The zero-order valence-electron chi connectivity index (χ0n) is 14.2. The number of rotatable bonds is 3. The van der Waals surface area contributed by atoms with Crippen LogP contribution in [0.25, 0.3) is 0 Å². The molecule has 0 aromatic carbocycles. The Kier molecular flexibility index (Phi) is 3.82. The van der Waals surface area contributed by atoms with Crippen molar-refractivity contribution in [3.05, 3.63) is 17.5 Å². The Morgan fingerprint density at radius 1 is 1.30 bits per heavy atom. The molecule has 3 rings (SSSR count). The van der Waals surface area contributed by atoms with E-state index in [0.29, 0.717) is 18.0 Å². The predicted octanol–water partition coefficient (Wildman–Crippen LogP) is 1.82. The number of hydrogen-bond acceptors (Lipinski definition) is 4. The van der Waals surface area contributed by atoms with E-state index in [2.05, 4.69) is 31.2 Å². The lowest BCUT2D eigenvalue weighted by atomic mass is 10.1. The van der Waals surface area contributed by atoms with Gasteiger partial charge < -0.3 is 5.32 Å². The third-order valence-electron chi connectivity index (χ3n) is 4.76. The van der Waals surface area contributed by atoms with Gasteiger partial charge in [-0.25, -0.2) is 8.42 Å². The molecule has 1 aromatic heterocycles. The maximum Gasteiger partial charge on any atom is 0.272 e. The van der Waals surface area contributed by atoms with Gasteiger partial charge in [0.25, 0.3) is 5.91 Å². The first-order chi connectivity index (χ1) is 10.6. The van der Waals surface area contributed by atoms with Gasteiger partial charge in [0.05, 0.1) is 16.5 Å². The summed E-state index contributed by atoms with van der Waals surface area (Å²) in [5.41, 5.74) is 1.31. The lowest BCUT2D eigenvalue weighted by molar-refractivity contribution is 0.0930. The fourth-order valence-corrected chi connectivity index (χ4v) is 4.77. The van der Waals surface area contributed by atoms with E-state index in [1.807, 2.05) is 10.7 Å². The monoisotopic (exact) mass is 339 g/mol. The average molecular weight is 339 g/mol. The van der Waals surface area contributed by atoms with Crippen molar-refractivity contribution in [3.63, 3.8) is 0 Å². The maximum atomic E-state index is 12.5. The first-order valence-electron chi connectivity index (χ1n) is 8.22. The first kappa shape index (κ1) is 16.5. The van der Waals surface area contributed by atoms with Gasteiger partial charge in [0.15, 0.2) is 9.84 Å². The van der Waals surface area contributed by atoms with E-state index in [0.717, 1.165) is 18.5 Å². The van der Waals surface area contributed by atoms with Crippen LogP contribution in [0.2, 0.25) is 0 Å². The summed E-state index contributed by atoms with van der Waals surface area (Å²) in [6, 6.07) is 1.54. The van der Waals surface area contributed by atoms with Crippen molar-refractivity contribution in [1.29, 1.82) is 0 Å². The van der Waals surface area contributed by atoms with Crippen LogP contribution in [-0.2, 0) is 15.4 Å². The molecule has 7 heteroatoms. The van der Waals surface area contributed by atoms with Gasteiger partial charge in [-0.1, -0.05) is 0 Å². The summed E-state index contributed by atoms with van der Waals surface area (Å²) in [6.07, 6.45) is 2.76. The number of nitrogens with one attached hydrogen (secondary N) is 1. The molecule has 6 nitrogen and oxygen atoms in total. The van der Waals surface area contributed by atoms with E-state index in [4.69, 9.17) is 0 Å². The molecule has 2 aliphatic rings. The lowest BCUT2D eigenvalue weighted by Gasteiger charge is -2.22. The van der Waals surface area contributed by atoms with Gasteiger partial charge in [-0.05, 0) is 53.0 Å². The lowest BCUT2D eigenvalue weighted by Crippen LogP contribution is -2.40. The molecule has 1 saturated carbocycles. The topological polar surface area (TPSA) is 81.1 Å². The summed E-state index contributed by atoms with van der Waals surface area (Å²) >= 11 is 0. The molecular formula is C16H25N3O3S. The van der Waals surface area contributed by atoms with Crippen LogP contribution in [0.1, 0.15) is 69.1 Å². The maximum absolute atomic E-state index is 12.5.